The molecule has 0 radical (unpaired) electrons. The van der Waals surface area contributed by atoms with Gasteiger partial charge in [0, 0.05) is 35.2 Å². The van der Waals surface area contributed by atoms with E-state index in [4.69, 9.17) is 11.6 Å². The number of likely N-dealkylation sites (tertiary alicyclic amines) is 1. The fourth-order valence-electron chi connectivity index (χ4n) is 4.47. The maximum Gasteiger partial charge on any atom is 0.293 e. The average Bonchev–Trinajstić information content (AvgIpc) is 3.26. The highest BCUT2D eigenvalue weighted by molar-refractivity contribution is 6.45. The topological polar surface area (TPSA) is 82.3 Å². The van der Waals surface area contributed by atoms with Gasteiger partial charge in [-0.1, -0.05) is 55.8 Å². The lowest BCUT2D eigenvalue weighted by molar-refractivity contribution is -0.137. The largest absolute Gasteiger partial charge is 0.360 e. The number of para-hydroxylation sites is 1. The number of halogens is 1. The van der Waals surface area contributed by atoms with Crippen molar-refractivity contribution in [2.24, 2.45) is 5.92 Å². The first-order valence-corrected chi connectivity index (χ1v) is 11.7. The molecule has 2 heterocycles. The molecule has 6 nitrogen and oxygen atoms in total. The second-order valence-electron chi connectivity index (χ2n) is 8.92. The monoisotopic (exact) mass is 465 g/mol. The number of hydrogen-bond acceptors (Lipinski definition) is 3. The molecule has 2 aromatic carbocycles. The van der Waals surface area contributed by atoms with E-state index in [1.165, 1.54) is 5.56 Å². The van der Waals surface area contributed by atoms with E-state index in [-0.39, 0.29) is 11.8 Å². The van der Waals surface area contributed by atoms with Gasteiger partial charge in [0.25, 0.3) is 11.7 Å². The van der Waals surface area contributed by atoms with Crippen LogP contribution < -0.4 is 5.32 Å². The molecule has 7 heteroatoms. The molecule has 1 aromatic heterocycles. The molecule has 1 fully saturated rings. The van der Waals surface area contributed by atoms with E-state index >= 15 is 0 Å². The van der Waals surface area contributed by atoms with Crippen molar-refractivity contribution in [3.05, 3.63) is 70.9 Å². The quantitative estimate of drug-likeness (QED) is 0.414. The van der Waals surface area contributed by atoms with Crippen molar-refractivity contribution in [2.45, 2.75) is 38.6 Å². The zero-order chi connectivity index (χ0) is 23.5. The number of aromatic amines is 1. The van der Waals surface area contributed by atoms with Crippen molar-refractivity contribution in [1.82, 2.24) is 15.2 Å². The number of piperidine rings is 1. The Hall–Kier alpha value is -3.12. The average molecular weight is 466 g/mol. The molecule has 0 aliphatic carbocycles. The van der Waals surface area contributed by atoms with Crippen LogP contribution in [-0.4, -0.2) is 46.6 Å². The van der Waals surface area contributed by atoms with Crippen molar-refractivity contribution >= 4 is 40.1 Å². The second-order valence-corrected chi connectivity index (χ2v) is 9.36. The van der Waals surface area contributed by atoms with Gasteiger partial charge in [0.05, 0.1) is 5.56 Å². The van der Waals surface area contributed by atoms with Crippen LogP contribution in [0.15, 0.2) is 54.7 Å². The Balaban J connectivity index is 1.40. The molecule has 0 spiro atoms. The first kappa shape index (κ1) is 23.1. The number of nitrogens with one attached hydrogen (secondary N) is 2. The molecule has 2 N–H and O–H groups in total. The maximum absolute atomic E-state index is 13.3. The van der Waals surface area contributed by atoms with Gasteiger partial charge in [-0.3, -0.25) is 14.4 Å². The molecule has 3 aromatic rings. The zero-order valence-electron chi connectivity index (χ0n) is 18.8. The number of aromatic nitrogens is 1. The summed E-state index contributed by atoms with van der Waals surface area (Å²) < 4.78 is 0. The van der Waals surface area contributed by atoms with Gasteiger partial charge < -0.3 is 15.2 Å². The van der Waals surface area contributed by atoms with Crippen LogP contribution in [0.2, 0.25) is 5.02 Å². The van der Waals surface area contributed by atoms with E-state index in [2.05, 4.69) is 10.3 Å². The fourth-order valence-corrected chi connectivity index (χ4v) is 4.59. The number of nitrogens with zero attached hydrogens (tertiary/aromatic N) is 1. The SMILES string of the molecule is CC(C)[C@@H](NC(=O)C(=O)c1c[nH]c2ccccc12)C(=O)N1CCC(c2ccc(Cl)cc2)CC1. The van der Waals surface area contributed by atoms with Crippen molar-refractivity contribution in [1.29, 1.82) is 0 Å². The lowest BCUT2D eigenvalue weighted by Gasteiger charge is -2.35. The minimum absolute atomic E-state index is 0.139. The molecule has 33 heavy (non-hydrogen) atoms. The van der Waals surface area contributed by atoms with Crippen molar-refractivity contribution < 1.29 is 14.4 Å². The van der Waals surface area contributed by atoms with Gasteiger partial charge in [-0.2, -0.15) is 0 Å². The summed E-state index contributed by atoms with van der Waals surface area (Å²) in [5.41, 5.74) is 2.32. The molecule has 172 valence electrons. The zero-order valence-corrected chi connectivity index (χ0v) is 19.6. The van der Waals surface area contributed by atoms with Crippen LogP contribution in [0.25, 0.3) is 10.9 Å². The number of Topliss-reactive ketones (excluding diaryl/α,β-unsaturated/α-hetero) is 1. The summed E-state index contributed by atoms with van der Waals surface area (Å²) in [5.74, 6) is -1.32. The Bertz CT molecular complexity index is 1160. The van der Waals surface area contributed by atoms with Crippen LogP contribution in [0, 0.1) is 5.92 Å². The van der Waals surface area contributed by atoms with Crippen LogP contribution in [0.1, 0.15) is 48.5 Å². The predicted molar refractivity (Wildman–Crippen MR) is 129 cm³/mol. The molecule has 1 atom stereocenters. The number of fused-ring (bicyclic) bond motifs is 1. The van der Waals surface area contributed by atoms with E-state index in [0.717, 1.165) is 18.4 Å². The van der Waals surface area contributed by atoms with Crippen LogP contribution in [0.4, 0.5) is 0 Å². The van der Waals surface area contributed by atoms with Gasteiger partial charge in [0.2, 0.25) is 5.91 Å². The van der Waals surface area contributed by atoms with Crippen LogP contribution in [-0.2, 0) is 9.59 Å². The number of H-pyrrole nitrogens is 1. The number of hydrogen-bond donors (Lipinski definition) is 2. The molecule has 0 saturated carbocycles. The summed E-state index contributed by atoms with van der Waals surface area (Å²) in [4.78, 5) is 43.7. The molecule has 1 saturated heterocycles. The third-order valence-corrected chi connectivity index (χ3v) is 6.66. The second kappa shape index (κ2) is 9.79. The molecular formula is C26H28ClN3O3. The third kappa shape index (κ3) is 4.96. The molecule has 0 bridgehead atoms. The van der Waals surface area contributed by atoms with E-state index in [9.17, 15) is 14.4 Å². The first-order valence-electron chi connectivity index (χ1n) is 11.3. The van der Waals surface area contributed by atoms with Crippen LogP contribution in [0.3, 0.4) is 0 Å². The normalized spacial score (nSPS) is 15.6. The molecule has 1 aliphatic heterocycles. The van der Waals surface area contributed by atoms with Crippen molar-refractivity contribution in [3.63, 3.8) is 0 Å². The number of ketones is 1. The van der Waals surface area contributed by atoms with E-state index in [1.54, 1.807) is 17.2 Å². The molecule has 2 amide bonds. The van der Waals surface area contributed by atoms with Crippen molar-refractivity contribution in [2.75, 3.05) is 13.1 Å². The number of benzene rings is 2. The van der Waals surface area contributed by atoms with Gasteiger partial charge in [-0.15, -0.1) is 0 Å². The number of carbonyl (C=O) groups excluding carboxylic acids is 3. The standard InChI is InChI=1S/C26H28ClN3O3/c1-16(2)23(29-25(32)24(31)21-15-28-22-6-4-3-5-20(21)22)26(33)30-13-11-18(12-14-30)17-7-9-19(27)10-8-17/h3-10,15-16,18,23,28H,11-14H2,1-2H3,(H,29,32)/t23-/m1/s1. The molecule has 1 aliphatic rings. The summed E-state index contributed by atoms with van der Waals surface area (Å²) in [6, 6.07) is 14.4. The first-order chi connectivity index (χ1) is 15.8. The fraction of sp³-hybridized carbons (Fsp3) is 0.346. The van der Waals surface area contributed by atoms with E-state index < -0.39 is 17.7 Å². The maximum atomic E-state index is 13.3. The van der Waals surface area contributed by atoms with E-state index in [0.29, 0.717) is 35.0 Å². The summed E-state index contributed by atoms with van der Waals surface area (Å²) in [7, 11) is 0. The minimum Gasteiger partial charge on any atom is -0.360 e. The molecular weight excluding hydrogens is 438 g/mol. The predicted octanol–water partition coefficient (Wildman–Crippen LogP) is 4.55. The summed E-state index contributed by atoms with van der Waals surface area (Å²) in [5, 5.41) is 4.11. The third-order valence-electron chi connectivity index (χ3n) is 6.41. The number of amides is 2. The Morgan fingerprint density at radius 1 is 1.03 bits per heavy atom. The number of carbonyl (C=O) groups is 3. The lowest BCUT2D eigenvalue weighted by Crippen LogP contribution is -2.54. The van der Waals surface area contributed by atoms with Crippen LogP contribution >= 0.6 is 11.6 Å². The smallest absolute Gasteiger partial charge is 0.293 e. The highest BCUT2D eigenvalue weighted by atomic mass is 35.5. The summed E-state index contributed by atoms with van der Waals surface area (Å²) in [6.45, 7) is 4.97. The minimum atomic E-state index is -0.761. The van der Waals surface area contributed by atoms with Gasteiger partial charge in [0.15, 0.2) is 0 Å². The lowest BCUT2D eigenvalue weighted by atomic mass is 9.89. The number of rotatable bonds is 6. The summed E-state index contributed by atoms with van der Waals surface area (Å²) in [6.07, 6.45) is 3.24. The molecule has 4 rings (SSSR count). The Morgan fingerprint density at radius 2 is 1.70 bits per heavy atom. The van der Waals surface area contributed by atoms with E-state index in [1.807, 2.05) is 56.3 Å². The highest BCUT2D eigenvalue weighted by Gasteiger charge is 2.33. The summed E-state index contributed by atoms with van der Waals surface area (Å²) >= 11 is 5.99. The Morgan fingerprint density at radius 3 is 2.36 bits per heavy atom. The Labute approximate surface area is 198 Å². The van der Waals surface area contributed by atoms with Gasteiger partial charge in [-0.25, -0.2) is 0 Å². The van der Waals surface area contributed by atoms with Crippen molar-refractivity contribution in [3.8, 4) is 0 Å². The van der Waals surface area contributed by atoms with Gasteiger partial charge >= 0.3 is 0 Å². The van der Waals surface area contributed by atoms with Gasteiger partial charge in [-0.05, 0) is 48.4 Å². The van der Waals surface area contributed by atoms with Gasteiger partial charge in [0.1, 0.15) is 6.04 Å². The highest BCUT2D eigenvalue weighted by Crippen LogP contribution is 2.29. The molecule has 0 unspecified atom stereocenters. The van der Waals surface area contributed by atoms with Crippen LogP contribution in [0.5, 0.6) is 0 Å². The Kier molecular flexibility index (Phi) is 6.84.